The number of benzene rings is 11. The summed E-state index contributed by atoms with van der Waals surface area (Å²) in [6.07, 6.45) is 0. The SMILES string of the molecule is [2H]C([2H])([2H])N1CN(c2cc(Oc3cccc(N4CN(c5ccc(N6CN(c7cccc(Oc8cc(-c9c(C)cc(C)cc9C)cc(N9CN(C)c%10cc(C)c(C)cc%109)c8)c7)c7cc(C)c(C)cc76)cc5)c5ccccc54)c3)cc(-c3c(C)cc(C)cc3C)c2)c2cc(C)c(C)cc21. The molecule has 4 aliphatic heterocycles. The first kappa shape index (κ1) is 56.2. The summed E-state index contributed by atoms with van der Waals surface area (Å²) in [4.78, 5) is 17.9. The normalized spacial score (nSPS) is 14.5. The minimum Gasteiger partial charge on any atom is -0.457 e. The highest BCUT2D eigenvalue weighted by atomic mass is 16.5. The number of aryl methyl sites for hydroxylation is 12. The maximum absolute atomic E-state index is 8.57. The van der Waals surface area contributed by atoms with Gasteiger partial charge in [-0.05, 0) is 282 Å². The summed E-state index contributed by atoms with van der Waals surface area (Å²) in [7, 11) is 2.17. The number of ether oxygens (including phenoxy) is 2. The van der Waals surface area contributed by atoms with Gasteiger partial charge in [0.2, 0.25) is 0 Å². The summed E-state index contributed by atoms with van der Waals surface area (Å²) in [6, 6.07) is 69.9. The maximum Gasteiger partial charge on any atom is 0.130 e. The highest BCUT2D eigenvalue weighted by Crippen LogP contribution is 2.51. The van der Waals surface area contributed by atoms with Crippen LogP contribution in [0.2, 0.25) is 0 Å². The van der Waals surface area contributed by atoms with Gasteiger partial charge in [0, 0.05) is 76.5 Å². The Morgan fingerprint density at radius 3 is 1.01 bits per heavy atom. The van der Waals surface area contributed by atoms with Crippen molar-refractivity contribution >= 4 is 79.6 Å². The first-order chi connectivity index (χ1) is 46.5. The lowest BCUT2D eigenvalue weighted by atomic mass is 9.93. The molecule has 470 valence electrons. The molecule has 10 heteroatoms. The Hall–Kier alpha value is -10.6. The van der Waals surface area contributed by atoms with E-state index in [0.29, 0.717) is 30.5 Å². The third-order valence-corrected chi connectivity index (χ3v) is 19.8. The standard InChI is InChI=1S/C84H82N8O2/c1-51-29-59(9)83(60(10)30-51)63-39-69(87-47-85(13)77-33-53(3)55(5)35-79(77)87)45-73(41-63)93-71-21-17-19-67(43-71)91-49-89(75-23-15-16-24-76(75)91)65-25-27-66(28-26-65)90-50-92(82-38-58(8)57(7)37-81(82)90)68-20-18-22-72(44-68)94-74-42-64(84-61(11)31-52(2)32-62(84)12)40-70(46-74)88-48-86(14)78-34-54(4)56(6)36-80(78)88/h15-46H,47-50H2,1-14H3/i13D3. The van der Waals surface area contributed by atoms with Crippen molar-refractivity contribution in [1.29, 1.82) is 0 Å². The van der Waals surface area contributed by atoms with Crippen LogP contribution in [0.15, 0.2) is 194 Å². The highest BCUT2D eigenvalue weighted by Gasteiger charge is 2.33. The quantitative estimate of drug-likeness (QED) is 0.118. The van der Waals surface area contributed by atoms with E-state index in [0.717, 1.165) is 120 Å². The number of nitrogens with zero attached hydrogens (tertiary/aromatic N) is 8. The van der Waals surface area contributed by atoms with Gasteiger partial charge in [-0.15, -0.1) is 0 Å². The third-order valence-electron chi connectivity index (χ3n) is 19.8. The molecule has 0 fully saturated rings. The van der Waals surface area contributed by atoms with Gasteiger partial charge in [0.25, 0.3) is 0 Å². The van der Waals surface area contributed by atoms with Crippen LogP contribution in [0, 0.1) is 83.1 Å². The van der Waals surface area contributed by atoms with Gasteiger partial charge in [-0.3, -0.25) is 0 Å². The summed E-state index contributed by atoms with van der Waals surface area (Å²) in [5.74, 6) is 2.89. The highest BCUT2D eigenvalue weighted by molar-refractivity contribution is 5.92. The molecule has 0 amide bonds. The molecule has 0 unspecified atom stereocenters. The van der Waals surface area contributed by atoms with E-state index >= 15 is 0 Å². The second-order valence-corrected chi connectivity index (χ2v) is 26.7. The first-order valence-electron chi connectivity index (χ1n) is 34.2. The number of rotatable bonds is 12. The van der Waals surface area contributed by atoms with Crippen molar-refractivity contribution in [3.8, 4) is 45.3 Å². The summed E-state index contributed by atoms with van der Waals surface area (Å²) < 4.78 is 39.8. The number of fused-ring (bicyclic) bond motifs is 4. The van der Waals surface area contributed by atoms with E-state index in [1.165, 1.54) is 66.3 Å². The van der Waals surface area contributed by atoms with Gasteiger partial charge in [0.15, 0.2) is 0 Å². The van der Waals surface area contributed by atoms with Gasteiger partial charge < -0.3 is 48.7 Å². The number of para-hydroxylation sites is 2. The molecule has 0 saturated carbocycles. The van der Waals surface area contributed by atoms with Crippen LogP contribution >= 0.6 is 0 Å². The summed E-state index contributed by atoms with van der Waals surface area (Å²) in [5.41, 5.74) is 33.6. The van der Waals surface area contributed by atoms with Gasteiger partial charge in [0.05, 0.1) is 58.8 Å². The van der Waals surface area contributed by atoms with Crippen LogP contribution in [0.25, 0.3) is 22.3 Å². The molecule has 15 rings (SSSR count). The fraction of sp³-hybridized carbons (Fsp3) is 0.214. The van der Waals surface area contributed by atoms with Gasteiger partial charge in [0.1, 0.15) is 36.3 Å². The van der Waals surface area contributed by atoms with Crippen molar-refractivity contribution in [3.05, 3.63) is 261 Å². The minimum atomic E-state index is -2.34. The summed E-state index contributed by atoms with van der Waals surface area (Å²) in [5, 5.41) is 0. The fourth-order valence-electron chi connectivity index (χ4n) is 14.9. The van der Waals surface area contributed by atoms with E-state index in [9.17, 15) is 0 Å². The van der Waals surface area contributed by atoms with E-state index in [4.69, 9.17) is 13.6 Å². The second kappa shape index (κ2) is 23.2. The van der Waals surface area contributed by atoms with Crippen LogP contribution in [0.1, 0.15) is 70.9 Å². The Bertz CT molecular complexity index is 4960. The van der Waals surface area contributed by atoms with Crippen molar-refractivity contribution in [1.82, 2.24) is 0 Å². The third kappa shape index (κ3) is 10.6. The van der Waals surface area contributed by atoms with Crippen molar-refractivity contribution in [3.63, 3.8) is 0 Å². The monoisotopic (exact) mass is 1240 g/mol. The molecule has 94 heavy (non-hydrogen) atoms. The van der Waals surface area contributed by atoms with Crippen LogP contribution < -0.4 is 48.7 Å². The van der Waals surface area contributed by atoms with E-state index < -0.39 is 6.98 Å². The largest absolute Gasteiger partial charge is 0.457 e. The molecular formula is C84H82N8O2. The lowest BCUT2D eigenvalue weighted by Gasteiger charge is -2.25. The van der Waals surface area contributed by atoms with Crippen molar-refractivity contribution in [2.75, 3.05) is 79.9 Å². The first-order valence-corrected chi connectivity index (χ1v) is 32.7. The molecule has 4 heterocycles. The van der Waals surface area contributed by atoms with Crippen LogP contribution in [0.3, 0.4) is 0 Å². The number of anilines is 14. The Balaban J connectivity index is 0.705. The van der Waals surface area contributed by atoms with Gasteiger partial charge in [-0.25, -0.2) is 0 Å². The van der Waals surface area contributed by atoms with E-state index in [1.807, 2.05) is 25.1 Å². The average Bonchev–Trinajstić information content (AvgIpc) is 1.65. The molecular weight excluding hydrogens is 1150 g/mol. The molecule has 4 aliphatic rings. The molecule has 11 aromatic rings. The predicted molar refractivity (Wildman–Crippen MR) is 395 cm³/mol. The lowest BCUT2D eigenvalue weighted by molar-refractivity contribution is 0.482. The molecule has 11 aromatic carbocycles. The molecule has 0 saturated heterocycles. The molecule has 0 N–H and O–H groups in total. The molecule has 10 nitrogen and oxygen atoms in total. The van der Waals surface area contributed by atoms with E-state index in [2.05, 4.69) is 293 Å². The molecule has 0 atom stereocenters. The van der Waals surface area contributed by atoms with Crippen molar-refractivity contribution < 1.29 is 13.6 Å². The van der Waals surface area contributed by atoms with Gasteiger partial charge in [-0.1, -0.05) is 59.7 Å². The molecule has 0 aromatic heterocycles. The van der Waals surface area contributed by atoms with Crippen LogP contribution in [-0.4, -0.2) is 40.7 Å². The number of hydrogen-bond acceptors (Lipinski definition) is 10. The molecule has 0 bridgehead atoms. The molecule has 0 radical (unpaired) electrons. The van der Waals surface area contributed by atoms with Gasteiger partial charge in [-0.2, -0.15) is 0 Å². The zero-order chi connectivity index (χ0) is 67.6. The van der Waals surface area contributed by atoms with Crippen LogP contribution in [-0.2, 0) is 0 Å². The van der Waals surface area contributed by atoms with Crippen molar-refractivity contribution in [2.45, 2.75) is 83.1 Å². The average molecular weight is 1240 g/mol. The Labute approximate surface area is 559 Å². The second-order valence-electron chi connectivity index (χ2n) is 26.7. The Kier molecular flexibility index (Phi) is 13.9. The molecule has 0 spiro atoms. The van der Waals surface area contributed by atoms with Crippen LogP contribution in [0.5, 0.6) is 23.0 Å². The number of hydrogen-bond donors (Lipinski definition) is 0. The summed E-state index contributed by atoms with van der Waals surface area (Å²) in [6.45, 7) is 25.7. The summed E-state index contributed by atoms with van der Waals surface area (Å²) >= 11 is 0. The fourth-order valence-corrected chi connectivity index (χ4v) is 14.9. The Morgan fingerprint density at radius 1 is 0.266 bits per heavy atom. The zero-order valence-electron chi connectivity index (χ0n) is 59.2. The van der Waals surface area contributed by atoms with E-state index in [-0.39, 0.29) is 6.67 Å². The smallest absolute Gasteiger partial charge is 0.130 e. The van der Waals surface area contributed by atoms with Crippen molar-refractivity contribution in [2.24, 2.45) is 0 Å². The minimum absolute atomic E-state index is 0.171. The molecule has 0 aliphatic carbocycles. The topological polar surface area (TPSA) is 44.4 Å². The van der Waals surface area contributed by atoms with E-state index in [1.54, 1.807) is 0 Å². The zero-order valence-corrected chi connectivity index (χ0v) is 56.2. The lowest BCUT2D eigenvalue weighted by Crippen LogP contribution is -2.25. The van der Waals surface area contributed by atoms with Crippen LogP contribution in [0.4, 0.5) is 79.6 Å². The maximum atomic E-state index is 8.57. The van der Waals surface area contributed by atoms with Gasteiger partial charge >= 0.3 is 0 Å². The predicted octanol–water partition coefficient (Wildman–Crippen LogP) is 21.9. The Morgan fingerprint density at radius 2 is 0.596 bits per heavy atom.